The average molecular weight is 405 g/mol. The second-order valence-electron chi connectivity index (χ2n) is 8.20. The van der Waals surface area contributed by atoms with E-state index in [9.17, 15) is 4.79 Å². The number of benzene rings is 2. The Labute approximate surface area is 176 Å². The Morgan fingerprint density at radius 1 is 1.07 bits per heavy atom. The van der Waals surface area contributed by atoms with Crippen LogP contribution < -0.4 is 0 Å². The van der Waals surface area contributed by atoms with Crippen molar-refractivity contribution in [3.05, 3.63) is 65.5 Å². The number of piperidine rings is 1. The lowest BCUT2D eigenvalue weighted by atomic mass is 9.97. The highest BCUT2D eigenvalue weighted by atomic mass is 16.5. The summed E-state index contributed by atoms with van der Waals surface area (Å²) in [7, 11) is 0. The molecule has 2 aliphatic rings. The average Bonchev–Trinajstić information content (AvgIpc) is 3.24. The first-order chi connectivity index (χ1) is 14.8. The number of carbonyl (C=O) groups is 1. The van der Waals surface area contributed by atoms with E-state index in [0.717, 1.165) is 74.8 Å². The van der Waals surface area contributed by atoms with Crippen LogP contribution in [0, 0.1) is 0 Å². The minimum atomic E-state index is 0.0969. The molecule has 0 spiro atoms. The van der Waals surface area contributed by atoms with E-state index in [4.69, 9.17) is 9.15 Å². The number of aromatic nitrogens is 1. The van der Waals surface area contributed by atoms with Crippen LogP contribution in [0.1, 0.15) is 40.6 Å². The van der Waals surface area contributed by atoms with Gasteiger partial charge in [0.25, 0.3) is 5.91 Å². The van der Waals surface area contributed by atoms with Gasteiger partial charge in [0.05, 0.1) is 19.1 Å². The second kappa shape index (κ2) is 8.58. The van der Waals surface area contributed by atoms with Gasteiger partial charge in [-0.25, -0.2) is 4.98 Å². The molecule has 3 heterocycles. The van der Waals surface area contributed by atoms with Gasteiger partial charge in [0.15, 0.2) is 11.5 Å². The van der Waals surface area contributed by atoms with Gasteiger partial charge in [-0.15, -0.1) is 0 Å². The molecule has 0 aliphatic carbocycles. The monoisotopic (exact) mass is 405 g/mol. The van der Waals surface area contributed by atoms with E-state index in [1.807, 2.05) is 47.4 Å². The molecule has 6 heteroatoms. The molecule has 2 aromatic carbocycles. The number of likely N-dealkylation sites (tertiary alicyclic amines) is 1. The van der Waals surface area contributed by atoms with E-state index < -0.39 is 0 Å². The lowest BCUT2D eigenvalue weighted by molar-refractivity contribution is 0.0341. The molecule has 1 amide bonds. The van der Waals surface area contributed by atoms with Gasteiger partial charge in [-0.3, -0.25) is 9.69 Å². The maximum atomic E-state index is 13.2. The molecule has 0 saturated carbocycles. The highest BCUT2D eigenvalue weighted by molar-refractivity contribution is 5.94. The van der Waals surface area contributed by atoms with E-state index >= 15 is 0 Å². The van der Waals surface area contributed by atoms with E-state index in [0.29, 0.717) is 6.54 Å². The number of rotatable bonds is 4. The predicted molar refractivity (Wildman–Crippen MR) is 114 cm³/mol. The Morgan fingerprint density at radius 2 is 1.93 bits per heavy atom. The first kappa shape index (κ1) is 19.3. The fourth-order valence-corrected chi connectivity index (χ4v) is 4.43. The SMILES string of the molecule is O=C(c1cccc(CN2CCOCC2)c1)N1CCCC(c2nc3ccccc3o2)C1. The Kier molecular flexibility index (Phi) is 5.51. The van der Waals surface area contributed by atoms with Crippen molar-refractivity contribution in [2.45, 2.75) is 25.3 Å². The number of hydrogen-bond donors (Lipinski definition) is 0. The molecule has 2 aliphatic heterocycles. The van der Waals surface area contributed by atoms with Crippen LogP contribution in [0.3, 0.4) is 0 Å². The highest BCUT2D eigenvalue weighted by Crippen LogP contribution is 2.29. The van der Waals surface area contributed by atoms with Crippen molar-refractivity contribution in [1.29, 1.82) is 0 Å². The van der Waals surface area contributed by atoms with E-state index in [1.54, 1.807) is 0 Å². The molecule has 6 nitrogen and oxygen atoms in total. The minimum Gasteiger partial charge on any atom is -0.440 e. The van der Waals surface area contributed by atoms with Crippen LogP contribution in [0.2, 0.25) is 0 Å². The molecular formula is C24H27N3O3. The smallest absolute Gasteiger partial charge is 0.253 e. The van der Waals surface area contributed by atoms with Crippen molar-refractivity contribution in [3.8, 4) is 0 Å². The molecule has 0 N–H and O–H groups in total. The quantitative estimate of drug-likeness (QED) is 0.663. The van der Waals surface area contributed by atoms with Gasteiger partial charge in [0.1, 0.15) is 5.52 Å². The van der Waals surface area contributed by atoms with Gasteiger partial charge in [0.2, 0.25) is 0 Å². The first-order valence-corrected chi connectivity index (χ1v) is 10.8. The van der Waals surface area contributed by atoms with Crippen molar-refractivity contribution in [2.24, 2.45) is 0 Å². The molecule has 1 unspecified atom stereocenters. The molecule has 1 aromatic heterocycles. The molecule has 3 aromatic rings. The first-order valence-electron chi connectivity index (χ1n) is 10.8. The summed E-state index contributed by atoms with van der Waals surface area (Å²) < 4.78 is 11.4. The van der Waals surface area contributed by atoms with E-state index in [1.165, 1.54) is 5.56 Å². The summed E-state index contributed by atoms with van der Waals surface area (Å²) in [5.74, 6) is 0.987. The zero-order valence-electron chi connectivity index (χ0n) is 17.1. The van der Waals surface area contributed by atoms with E-state index in [2.05, 4.69) is 16.0 Å². The van der Waals surface area contributed by atoms with Crippen molar-refractivity contribution in [1.82, 2.24) is 14.8 Å². The maximum absolute atomic E-state index is 13.2. The topological polar surface area (TPSA) is 58.8 Å². The Balaban J connectivity index is 1.29. The van der Waals surface area contributed by atoms with Crippen LogP contribution >= 0.6 is 0 Å². The Morgan fingerprint density at radius 3 is 2.80 bits per heavy atom. The molecule has 2 saturated heterocycles. The summed E-state index contributed by atoms with van der Waals surface area (Å²) in [4.78, 5) is 22.2. The Bertz CT molecular complexity index is 992. The van der Waals surface area contributed by atoms with E-state index in [-0.39, 0.29) is 11.8 Å². The van der Waals surface area contributed by atoms with Crippen molar-refractivity contribution < 1.29 is 13.9 Å². The summed E-state index contributed by atoms with van der Waals surface area (Å²) in [5, 5.41) is 0. The van der Waals surface area contributed by atoms with Crippen LogP contribution in [-0.4, -0.2) is 60.1 Å². The van der Waals surface area contributed by atoms with Gasteiger partial charge in [-0.2, -0.15) is 0 Å². The normalized spacial score (nSPS) is 20.5. The van der Waals surface area contributed by atoms with Gasteiger partial charge in [-0.1, -0.05) is 24.3 Å². The van der Waals surface area contributed by atoms with Crippen LogP contribution in [0.4, 0.5) is 0 Å². The number of hydrogen-bond acceptors (Lipinski definition) is 5. The molecule has 2 fully saturated rings. The van der Waals surface area contributed by atoms with Gasteiger partial charge in [-0.05, 0) is 42.7 Å². The lowest BCUT2D eigenvalue weighted by Crippen LogP contribution is -2.39. The summed E-state index contributed by atoms with van der Waals surface area (Å²) in [6, 6.07) is 15.9. The minimum absolute atomic E-state index is 0.0969. The number of carbonyl (C=O) groups excluding carboxylic acids is 1. The predicted octanol–water partition coefficient (Wildman–Crippen LogP) is 3.68. The van der Waals surface area contributed by atoms with Crippen LogP contribution in [0.5, 0.6) is 0 Å². The van der Waals surface area contributed by atoms with Gasteiger partial charge in [0, 0.05) is 38.3 Å². The highest BCUT2D eigenvalue weighted by Gasteiger charge is 2.28. The fourth-order valence-electron chi connectivity index (χ4n) is 4.43. The summed E-state index contributed by atoms with van der Waals surface area (Å²) in [6.45, 7) is 5.73. The lowest BCUT2D eigenvalue weighted by Gasteiger charge is -2.31. The molecule has 30 heavy (non-hydrogen) atoms. The molecule has 0 radical (unpaired) electrons. The van der Waals surface area contributed by atoms with Gasteiger partial charge >= 0.3 is 0 Å². The number of nitrogens with zero attached hydrogens (tertiary/aromatic N) is 3. The standard InChI is InChI=1S/C24H27N3O3/c28-24(19-6-3-5-18(15-19)16-26-11-13-29-14-12-26)27-10-4-7-20(17-27)23-25-21-8-1-2-9-22(21)30-23/h1-3,5-6,8-9,15,20H,4,7,10-14,16-17H2. The molecule has 5 rings (SSSR count). The van der Waals surface area contributed by atoms with Crippen molar-refractivity contribution in [3.63, 3.8) is 0 Å². The van der Waals surface area contributed by atoms with Crippen LogP contribution in [-0.2, 0) is 11.3 Å². The fraction of sp³-hybridized carbons (Fsp3) is 0.417. The molecule has 1 atom stereocenters. The second-order valence-corrected chi connectivity index (χ2v) is 8.20. The maximum Gasteiger partial charge on any atom is 0.253 e. The summed E-state index contributed by atoms with van der Waals surface area (Å²) >= 11 is 0. The zero-order chi connectivity index (χ0) is 20.3. The number of amides is 1. The largest absolute Gasteiger partial charge is 0.440 e. The number of morpholine rings is 1. The Hall–Kier alpha value is -2.70. The number of fused-ring (bicyclic) bond motifs is 1. The number of para-hydroxylation sites is 2. The van der Waals surface area contributed by atoms with Crippen molar-refractivity contribution in [2.75, 3.05) is 39.4 Å². The molecule has 0 bridgehead atoms. The number of ether oxygens (including phenoxy) is 1. The summed E-state index contributed by atoms with van der Waals surface area (Å²) in [6.07, 6.45) is 1.95. The van der Waals surface area contributed by atoms with Crippen LogP contribution in [0.15, 0.2) is 52.9 Å². The van der Waals surface area contributed by atoms with Gasteiger partial charge < -0.3 is 14.1 Å². The summed E-state index contributed by atoms with van der Waals surface area (Å²) in [5.41, 5.74) is 3.63. The third-order valence-corrected chi connectivity index (χ3v) is 6.05. The van der Waals surface area contributed by atoms with Crippen molar-refractivity contribution >= 4 is 17.0 Å². The third kappa shape index (κ3) is 4.11. The third-order valence-electron chi connectivity index (χ3n) is 6.05. The number of oxazole rings is 1. The molecule has 156 valence electrons. The zero-order valence-corrected chi connectivity index (χ0v) is 17.1. The molecular weight excluding hydrogens is 378 g/mol. The van der Waals surface area contributed by atoms with Crippen LogP contribution in [0.25, 0.3) is 11.1 Å².